The van der Waals surface area contributed by atoms with E-state index in [-0.39, 0.29) is 5.25 Å². The van der Waals surface area contributed by atoms with E-state index in [0.717, 1.165) is 23.3 Å². The molecule has 0 bridgehead atoms. The first-order valence-corrected chi connectivity index (χ1v) is 6.64. The molecule has 1 heterocycles. The van der Waals surface area contributed by atoms with E-state index >= 15 is 0 Å². The van der Waals surface area contributed by atoms with E-state index in [9.17, 15) is 4.21 Å². The van der Waals surface area contributed by atoms with E-state index < -0.39 is 10.8 Å². The predicted octanol–water partition coefficient (Wildman–Crippen LogP) is 1.74. The van der Waals surface area contributed by atoms with Crippen LogP contribution in [0.4, 0.5) is 0 Å². The highest BCUT2D eigenvalue weighted by atomic mass is 79.9. The molecule has 1 aliphatic heterocycles. The van der Waals surface area contributed by atoms with Crippen molar-refractivity contribution in [1.29, 1.82) is 0 Å². The first-order valence-electron chi connectivity index (χ1n) is 4.47. The quantitative estimate of drug-likeness (QED) is 0.758. The molecule has 1 aliphatic rings. The van der Waals surface area contributed by atoms with Crippen molar-refractivity contribution in [2.75, 3.05) is 18.8 Å². The van der Waals surface area contributed by atoms with Crippen LogP contribution in [0.1, 0.15) is 13.8 Å². The fourth-order valence-electron chi connectivity index (χ4n) is 1.56. The van der Waals surface area contributed by atoms with Crippen LogP contribution in [-0.2, 0) is 10.8 Å². The summed E-state index contributed by atoms with van der Waals surface area (Å²) in [4.78, 5) is 2.32. The van der Waals surface area contributed by atoms with Crippen molar-refractivity contribution in [3.63, 3.8) is 0 Å². The van der Waals surface area contributed by atoms with Crippen LogP contribution in [0.5, 0.6) is 0 Å². The summed E-state index contributed by atoms with van der Waals surface area (Å²) in [5.41, 5.74) is 0. The molecule has 76 valence electrons. The molecule has 2 nitrogen and oxygen atoms in total. The molecule has 3 unspecified atom stereocenters. The molecule has 3 atom stereocenters. The minimum absolute atomic E-state index is 0.278. The Kier molecular flexibility index (Phi) is 4.13. The summed E-state index contributed by atoms with van der Waals surface area (Å²) in [7, 11) is -0.637. The summed E-state index contributed by atoms with van der Waals surface area (Å²) >= 11 is 3.36. The summed E-state index contributed by atoms with van der Waals surface area (Å²) in [6.07, 6.45) is 0. The van der Waals surface area contributed by atoms with Crippen molar-refractivity contribution in [2.45, 2.75) is 25.1 Å². The van der Waals surface area contributed by atoms with E-state index in [1.54, 1.807) is 0 Å². The van der Waals surface area contributed by atoms with Crippen molar-refractivity contribution >= 4 is 26.7 Å². The second-order valence-electron chi connectivity index (χ2n) is 3.52. The topological polar surface area (TPSA) is 20.3 Å². The Bertz CT molecular complexity index is 232. The smallest absolute Gasteiger partial charge is 0.0473 e. The third-order valence-electron chi connectivity index (χ3n) is 2.62. The van der Waals surface area contributed by atoms with Crippen LogP contribution in [0.3, 0.4) is 0 Å². The highest BCUT2D eigenvalue weighted by molar-refractivity contribution is 9.11. The normalized spacial score (nSPS) is 36.1. The molecule has 1 rings (SSSR count). The van der Waals surface area contributed by atoms with Gasteiger partial charge in [0, 0.05) is 45.4 Å². The lowest BCUT2D eigenvalue weighted by atomic mass is 10.2. The van der Waals surface area contributed by atoms with Gasteiger partial charge in [-0.1, -0.05) is 22.5 Å². The Morgan fingerprint density at radius 2 is 2.31 bits per heavy atom. The molecule has 0 aliphatic carbocycles. The standard InChI is InChI=1S/C9H16BrNOS/c1-7(10)6-11-4-5-13(12)9(3)8(11)2/h8-9H,1,4-6H2,2-3H3. The van der Waals surface area contributed by atoms with Crippen LogP contribution in [0, 0.1) is 0 Å². The molecule has 0 radical (unpaired) electrons. The van der Waals surface area contributed by atoms with Crippen LogP contribution in [0.25, 0.3) is 0 Å². The molecule has 1 saturated heterocycles. The van der Waals surface area contributed by atoms with Crippen molar-refractivity contribution in [3.05, 3.63) is 11.1 Å². The molecule has 4 heteroatoms. The van der Waals surface area contributed by atoms with E-state index in [0.29, 0.717) is 6.04 Å². The average Bonchev–Trinajstić information content (AvgIpc) is 2.06. The number of nitrogens with zero attached hydrogens (tertiary/aromatic N) is 1. The monoisotopic (exact) mass is 265 g/mol. The SMILES string of the molecule is C=C(Br)CN1CCS(=O)C(C)C1C. The zero-order valence-electron chi connectivity index (χ0n) is 8.12. The molecular weight excluding hydrogens is 250 g/mol. The Morgan fingerprint density at radius 3 is 2.85 bits per heavy atom. The predicted molar refractivity (Wildman–Crippen MR) is 61.6 cm³/mol. The van der Waals surface area contributed by atoms with Crippen LogP contribution >= 0.6 is 15.9 Å². The summed E-state index contributed by atoms with van der Waals surface area (Å²) in [6.45, 7) is 9.81. The molecule has 0 spiro atoms. The first kappa shape index (κ1) is 11.4. The lowest BCUT2D eigenvalue weighted by molar-refractivity contribution is 0.231. The van der Waals surface area contributed by atoms with Gasteiger partial charge in [-0.25, -0.2) is 0 Å². The zero-order chi connectivity index (χ0) is 10.0. The van der Waals surface area contributed by atoms with Crippen molar-refractivity contribution in [3.8, 4) is 0 Å². The molecule has 0 amide bonds. The van der Waals surface area contributed by atoms with Gasteiger partial charge in [0.25, 0.3) is 0 Å². The van der Waals surface area contributed by atoms with Gasteiger partial charge in [0.2, 0.25) is 0 Å². The van der Waals surface area contributed by atoms with E-state index in [1.807, 2.05) is 0 Å². The highest BCUT2D eigenvalue weighted by Gasteiger charge is 2.29. The molecule has 1 fully saturated rings. The van der Waals surface area contributed by atoms with Gasteiger partial charge in [0.15, 0.2) is 0 Å². The highest BCUT2D eigenvalue weighted by Crippen LogP contribution is 2.18. The van der Waals surface area contributed by atoms with E-state index in [4.69, 9.17) is 0 Å². The molecule has 0 aromatic carbocycles. The summed E-state index contributed by atoms with van der Waals surface area (Å²) in [5, 5.41) is 0.278. The maximum atomic E-state index is 11.5. The Hall–Kier alpha value is 0.330. The Balaban J connectivity index is 2.58. The van der Waals surface area contributed by atoms with Gasteiger partial charge in [-0.15, -0.1) is 0 Å². The van der Waals surface area contributed by atoms with Crippen LogP contribution in [0.15, 0.2) is 11.1 Å². The molecule has 0 aromatic heterocycles. The van der Waals surface area contributed by atoms with Crippen molar-refractivity contribution < 1.29 is 4.21 Å². The number of rotatable bonds is 2. The lowest BCUT2D eigenvalue weighted by Crippen LogP contribution is -2.49. The van der Waals surface area contributed by atoms with Gasteiger partial charge in [0.05, 0.1) is 0 Å². The van der Waals surface area contributed by atoms with Crippen LogP contribution < -0.4 is 0 Å². The Labute approximate surface area is 91.0 Å². The summed E-state index contributed by atoms with van der Waals surface area (Å²) < 4.78 is 12.5. The third-order valence-corrected chi connectivity index (χ3v) is 4.68. The molecule has 0 N–H and O–H groups in total. The maximum absolute atomic E-state index is 11.5. The second kappa shape index (κ2) is 4.71. The summed E-state index contributed by atoms with van der Waals surface area (Å²) in [5.74, 6) is 0.797. The average molecular weight is 266 g/mol. The van der Waals surface area contributed by atoms with Crippen molar-refractivity contribution in [1.82, 2.24) is 4.90 Å². The molecular formula is C9H16BrNOS. The fraction of sp³-hybridized carbons (Fsp3) is 0.778. The largest absolute Gasteiger partial charge is 0.294 e. The van der Waals surface area contributed by atoms with Crippen LogP contribution in [0.2, 0.25) is 0 Å². The van der Waals surface area contributed by atoms with Crippen LogP contribution in [-0.4, -0.2) is 39.2 Å². The van der Waals surface area contributed by atoms with Gasteiger partial charge in [-0.05, 0) is 13.8 Å². The molecule has 0 saturated carbocycles. The molecule has 13 heavy (non-hydrogen) atoms. The third kappa shape index (κ3) is 2.89. The zero-order valence-corrected chi connectivity index (χ0v) is 10.5. The lowest BCUT2D eigenvalue weighted by Gasteiger charge is -2.37. The van der Waals surface area contributed by atoms with Gasteiger partial charge in [0.1, 0.15) is 0 Å². The number of hydrogen-bond donors (Lipinski definition) is 0. The van der Waals surface area contributed by atoms with Gasteiger partial charge in [-0.3, -0.25) is 9.11 Å². The van der Waals surface area contributed by atoms with Gasteiger partial charge >= 0.3 is 0 Å². The van der Waals surface area contributed by atoms with Gasteiger partial charge in [-0.2, -0.15) is 0 Å². The molecule has 0 aromatic rings. The van der Waals surface area contributed by atoms with E-state index in [1.165, 1.54) is 0 Å². The fourth-order valence-corrected chi connectivity index (χ4v) is 3.28. The Morgan fingerprint density at radius 1 is 1.69 bits per heavy atom. The summed E-state index contributed by atoms with van der Waals surface area (Å²) in [6, 6.07) is 0.392. The second-order valence-corrected chi connectivity index (χ2v) is 6.55. The van der Waals surface area contributed by atoms with Crippen molar-refractivity contribution in [2.24, 2.45) is 0 Å². The van der Waals surface area contributed by atoms with E-state index in [2.05, 4.69) is 41.3 Å². The minimum atomic E-state index is -0.637. The maximum Gasteiger partial charge on any atom is 0.0473 e. The minimum Gasteiger partial charge on any atom is -0.294 e. The van der Waals surface area contributed by atoms with Gasteiger partial charge < -0.3 is 0 Å². The number of halogens is 1. The first-order chi connectivity index (χ1) is 6.02. The number of hydrogen-bond acceptors (Lipinski definition) is 2.